The van der Waals surface area contributed by atoms with Crippen molar-refractivity contribution >= 4 is 29.3 Å². The topological polar surface area (TPSA) is 71.3 Å². The summed E-state index contributed by atoms with van der Waals surface area (Å²) in [4.78, 5) is 12.6. The Balaban J connectivity index is 1.80. The molecule has 0 heterocycles. The molecule has 5 nitrogen and oxygen atoms in total. The van der Waals surface area contributed by atoms with Gasteiger partial charge in [0.25, 0.3) is 5.91 Å². The quantitative estimate of drug-likeness (QED) is 0.313. The number of hydrogen-bond donors (Lipinski definition) is 1. The van der Waals surface area contributed by atoms with Crippen LogP contribution in [0.3, 0.4) is 0 Å². The fraction of sp³-hybridized carbons (Fsp3) is 0.154. The van der Waals surface area contributed by atoms with Crippen molar-refractivity contribution in [2.24, 2.45) is 0 Å². The van der Waals surface area contributed by atoms with Crippen molar-refractivity contribution in [3.8, 4) is 17.6 Å². The van der Waals surface area contributed by atoms with Crippen molar-refractivity contribution in [3.05, 3.63) is 93.8 Å². The Morgan fingerprint density at radius 3 is 2.64 bits per heavy atom. The molecule has 0 aliphatic rings. The molecule has 1 amide bonds. The van der Waals surface area contributed by atoms with E-state index in [1.54, 1.807) is 55.5 Å². The van der Waals surface area contributed by atoms with Crippen LogP contribution < -0.4 is 14.8 Å². The number of rotatable bonds is 8. The molecule has 0 bridgehead atoms. The van der Waals surface area contributed by atoms with Gasteiger partial charge in [-0.1, -0.05) is 35.9 Å². The van der Waals surface area contributed by atoms with E-state index < -0.39 is 5.91 Å². The summed E-state index contributed by atoms with van der Waals surface area (Å²) >= 11 is 6.10. The molecule has 0 radical (unpaired) electrons. The van der Waals surface area contributed by atoms with Gasteiger partial charge in [-0.25, -0.2) is 4.39 Å². The van der Waals surface area contributed by atoms with E-state index in [0.717, 1.165) is 0 Å². The van der Waals surface area contributed by atoms with Gasteiger partial charge in [-0.3, -0.25) is 4.79 Å². The number of benzene rings is 3. The minimum absolute atomic E-state index is 0.0785. The van der Waals surface area contributed by atoms with Crippen molar-refractivity contribution in [2.45, 2.75) is 20.5 Å². The Bertz CT molecular complexity index is 1230. The fourth-order valence-corrected chi connectivity index (χ4v) is 3.21. The molecule has 0 aromatic heterocycles. The van der Waals surface area contributed by atoms with E-state index in [9.17, 15) is 14.4 Å². The number of halogens is 2. The zero-order valence-corrected chi connectivity index (χ0v) is 18.9. The third-order valence-corrected chi connectivity index (χ3v) is 5.15. The molecule has 3 rings (SSSR count). The summed E-state index contributed by atoms with van der Waals surface area (Å²) in [7, 11) is 0. The minimum atomic E-state index is -0.549. The van der Waals surface area contributed by atoms with Crippen molar-refractivity contribution in [3.63, 3.8) is 0 Å². The molecule has 3 aromatic carbocycles. The summed E-state index contributed by atoms with van der Waals surface area (Å²) in [6.07, 6.45) is 1.47. The van der Waals surface area contributed by atoms with Crippen LogP contribution in [-0.4, -0.2) is 12.5 Å². The van der Waals surface area contributed by atoms with Crippen LogP contribution in [0.5, 0.6) is 11.5 Å². The molecule has 0 spiro atoms. The molecule has 3 aromatic rings. The van der Waals surface area contributed by atoms with E-state index in [1.165, 1.54) is 18.2 Å². The largest absolute Gasteiger partial charge is 0.490 e. The van der Waals surface area contributed by atoms with Gasteiger partial charge < -0.3 is 14.8 Å². The monoisotopic (exact) mass is 464 g/mol. The second-order valence-corrected chi connectivity index (χ2v) is 7.50. The third-order valence-electron chi connectivity index (χ3n) is 4.74. The third kappa shape index (κ3) is 6.34. The van der Waals surface area contributed by atoms with Crippen LogP contribution in [0.2, 0.25) is 5.02 Å². The molecule has 1 N–H and O–H groups in total. The SMILES string of the molecule is CCOc1cc(/C=C(\C#N)C(=O)Nc2cccc(Cl)c2C)ccc1OCc1cccc(F)c1. The number of anilines is 1. The minimum Gasteiger partial charge on any atom is -0.490 e. The van der Waals surface area contributed by atoms with Crippen LogP contribution >= 0.6 is 11.6 Å². The van der Waals surface area contributed by atoms with E-state index in [-0.39, 0.29) is 18.0 Å². The zero-order valence-electron chi connectivity index (χ0n) is 18.2. The van der Waals surface area contributed by atoms with Gasteiger partial charge in [0.1, 0.15) is 24.1 Å². The van der Waals surface area contributed by atoms with Crippen molar-refractivity contribution in [2.75, 3.05) is 11.9 Å². The van der Waals surface area contributed by atoms with Crippen LogP contribution in [0.4, 0.5) is 10.1 Å². The number of hydrogen-bond acceptors (Lipinski definition) is 4. The Morgan fingerprint density at radius 1 is 1.12 bits per heavy atom. The average Bonchev–Trinajstić information content (AvgIpc) is 2.80. The number of carbonyl (C=O) groups excluding carboxylic acids is 1. The number of amides is 1. The lowest BCUT2D eigenvalue weighted by molar-refractivity contribution is -0.112. The van der Waals surface area contributed by atoms with Gasteiger partial charge in [0, 0.05) is 10.7 Å². The summed E-state index contributed by atoms with van der Waals surface area (Å²) in [6, 6.07) is 18.3. The van der Waals surface area contributed by atoms with E-state index in [4.69, 9.17) is 21.1 Å². The molecule has 0 saturated heterocycles. The lowest BCUT2D eigenvalue weighted by atomic mass is 10.1. The van der Waals surface area contributed by atoms with E-state index in [0.29, 0.717) is 45.5 Å². The van der Waals surface area contributed by atoms with Crippen LogP contribution in [0.15, 0.2) is 66.2 Å². The number of nitriles is 1. The summed E-state index contributed by atoms with van der Waals surface area (Å²) in [6.45, 7) is 4.17. The highest BCUT2D eigenvalue weighted by atomic mass is 35.5. The Hall–Kier alpha value is -3.82. The maximum Gasteiger partial charge on any atom is 0.266 e. The molecular formula is C26H22ClFN2O3. The second kappa shape index (κ2) is 11.2. The molecule has 0 aliphatic heterocycles. The summed E-state index contributed by atoms with van der Waals surface area (Å²) in [5.41, 5.74) is 2.44. The second-order valence-electron chi connectivity index (χ2n) is 7.09. The highest BCUT2D eigenvalue weighted by molar-refractivity contribution is 6.31. The lowest BCUT2D eigenvalue weighted by Gasteiger charge is -2.13. The van der Waals surface area contributed by atoms with Gasteiger partial charge in [0.15, 0.2) is 11.5 Å². The van der Waals surface area contributed by atoms with Crippen LogP contribution in [0, 0.1) is 24.1 Å². The highest BCUT2D eigenvalue weighted by Gasteiger charge is 2.13. The van der Waals surface area contributed by atoms with Gasteiger partial charge in [-0.15, -0.1) is 0 Å². The van der Waals surface area contributed by atoms with Gasteiger partial charge in [0.05, 0.1) is 6.61 Å². The average molecular weight is 465 g/mol. The van der Waals surface area contributed by atoms with Crippen molar-refractivity contribution in [1.29, 1.82) is 5.26 Å². The van der Waals surface area contributed by atoms with Crippen molar-refractivity contribution < 1.29 is 18.7 Å². The molecule has 0 atom stereocenters. The summed E-state index contributed by atoms with van der Waals surface area (Å²) in [5.74, 6) is 0.0333. The maximum absolute atomic E-state index is 13.4. The molecule has 0 aliphatic carbocycles. The molecule has 7 heteroatoms. The predicted octanol–water partition coefficient (Wildman–Crippen LogP) is 6.31. The first kappa shape index (κ1) is 23.8. The van der Waals surface area contributed by atoms with Gasteiger partial charge in [-0.2, -0.15) is 5.26 Å². The molecular weight excluding hydrogens is 443 g/mol. The van der Waals surface area contributed by atoms with Gasteiger partial charge >= 0.3 is 0 Å². The fourth-order valence-electron chi connectivity index (χ4n) is 3.04. The molecule has 0 fully saturated rings. The van der Waals surface area contributed by atoms with Crippen LogP contribution in [0.1, 0.15) is 23.6 Å². The van der Waals surface area contributed by atoms with Crippen LogP contribution in [-0.2, 0) is 11.4 Å². The van der Waals surface area contributed by atoms with Gasteiger partial charge in [0.2, 0.25) is 0 Å². The Morgan fingerprint density at radius 2 is 1.91 bits per heavy atom. The van der Waals surface area contributed by atoms with E-state index >= 15 is 0 Å². The molecule has 168 valence electrons. The number of carbonyl (C=O) groups is 1. The zero-order chi connectivity index (χ0) is 23.8. The maximum atomic E-state index is 13.4. The number of nitrogens with zero attached hydrogens (tertiary/aromatic N) is 1. The molecule has 0 saturated carbocycles. The predicted molar refractivity (Wildman–Crippen MR) is 127 cm³/mol. The van der Waals surface area contributed by atoms with Crippen molar-refractivity contribution in [1.82, 2.24) is 0 Å². The van der Waals surface area contributed by atoms with Gasteiger partial charge in [-0.05, 0) is 73.0 Å². The summed E-state index contributed by atoms with van der Waals surface area (Å²) < 4.78 is 24.9. The van der Waals surface area contributed by atoms with Crippen LogP contribution in [0.25, 0.3) is 6.08 Å². The Kier molecular flexibility index (Phi) is 8.06. The number of ether oxygens (including phenoxy) is 2. The van der Waals surface area contributed by atoms with E-state index in [2.05, 4.69) is 5.32 Å². The summed E-state index contributed by atoms with van der Waals surface area (Å²) in [5, 5.41) is 12.8. The first-order valence-corrected chi connectivity index (χ1v) is 10.6. The lowest BCUT2D eigenvalue weighted by Crippen LogP contribution is -2.14. The molecule has 33 heavy (non-hydrogen) atoms. The highest BCUT2D eigenvalue weighted by Crippen LogP contribution is 2.30. The first-order chi connectivity index (χ1) is 15.9. The smallest absolute Gasteiger partial charge is 0.266 e. The molecule has 0 unspecified atom stereocenters. The first-order valence-electron chi connectivity index (χ1n) is 10.2. The number of nitrogens with one attached hydrogen (secondary N) is 1. The van der Waals surface area contributed by atoms with E-state index in [1.807, 2.05) is 13.0 Å². The standard InChI is InChI=1S/C26H22ClFN2O3/c1-3-32-25-14-18(10-11-24(25)33-16-19-6-4-7-21(28)13-19)12-20(15-29)26(31)30-23-9-5-8-22(27)17(23)2/h4-14H,3,16H2,1-2H3,(H,30,31)/b20-12+. The normalized spacial score (nSPS) is 10.9. The Labute approximate surface area is 197 Å².